The molecule has 0 aromatic carbocycles. The van der Waals surface area contributed by atoms with Crippen molar-refractivity contribution >= 4 is 5.91 Å². The van der Waals surface area contributed by atoms with E-state index in [1.165, 1.54) is 0 Å². The number of carbonyl (C=O) groups excluding carboxylic acids is 1. The molecule has 0 saturated carbocycles. The van der Waals surface area contributed by atoms with E-state index in [9.17, 15) is 9.90 Å². The second-order valence-corrected chi connectivity index (χ2v) is 4.99. The Balaban J connectivity index is 1.79. The number of aromatic nitrogens is 2. The molecular formula is C13H21N3O3. The molecule has 1 N–H and O–H groups in total. The van der Waals surface area contributed by atoms with Crippen LogP contribution < -0.4 is 0 Å². The lowest BCUT2D eigenvalue weighted by atomic mass is 10.1. The van der Waals surface area contributed by atoms with Crippen LogP contribution in [-0.4, -0.2) is 45.2 Å². The minimum Gasteiger partial charge on any atom is -0.391 e. The Morgan fingerprint density at radius 3 is 3.11 bits per heavy atom. The van der Waals surface area contributed by atoms with Gasteiger partial charge in [-0.05, 0) is 19.3 Å². The predicted octanol–water partition coefficient (Wildman–Crippen LogP) is 0.938. The summed E-state index contributed by atoms with van der Waals surface area (Å²) in [5.41, 5.74) is 0. The summed E-state index contributed by atoms with van der Waals surface area (Å²) in [4.78, 5) is 17.9. The molecule has 2 heterocycles. The fourth-order valence-corrected chi connectivity index (χ4v) is 2.27. The molecule has 1 aromatic rings. The van der Waals surface area contributed by atoms with Crippen molar-refractivity contribution in [3.63, 3.8) is 0 Å². The van der Waals surface area contributed by atoms with Gasteiger partial charge in [-0.1, -0.05) is 12.1 Å². The van der Waals surface area contributed by atoms with E-state index >= 15 is 0 Å². The molecule has 0 aliphatic carbocycles. The number of nitrogens with zero attached hydrogens (tertiary/aromatic N) is 3. The highest BCUT2D eigenvalue weighted by atomic mass is 16.5. The lowest BCUT2D eigenvalue weighted by Crippen LogP contribution is -2.42. The van der Waals surface area contributed by atoms with Crippen LogP contribution in [-0.2, 0) is 17.6 Å². The first-order valence-electron chi connectivity index (χ1n) is 6.96. The summed E-state index contributed by atoms with van der Waals surface area (Å²) in [7, 11) is 0. The molecule has 0 bridgehead atoms. The maximum atomic E-state index is 12.0. The van der Waals surface area contributed by atoms with E-state index in [-0.39, 0.29) is 12.0 Å². The Morgan fingerprint density at radius 2 is 2.37 bits per heavy atom. The van der Waals surface area contributed by atoms with Gasteiger partial charge in [-0.25, -0.2) is 0 Å². The standard InChI is InChI=1S/C13H21N3O3/c1-2-4-11-14-12(19-15-11)6-7-13(18)16-8-3-5-10(17)9-16/h10,17H,2-9H2,1H3. The second-order valence-electron chi connectivity index (χ2n) is 4.99. The van der Waals surface area contributed by atoms with Crippen molar-refractivity contribution in [1.82, 2.24) is 15.0 Å². The Morgan fingerprint density at radius 1 is 1.53 bits per heavy atom. The Kier molecular flexibility index (Phi) is 4.90. The number of hydrogen-bond donors (Lipinski definition) is 1. The fourth-order valence-electron chi connectivity index (χ4n) is 2.27. The Labute approximate surface area is 112 Å². The maximum absolute atomic E-state index is 12.0. The molecule has 1 saturated heterocycles. The average Bonchev–Trinajstić information content (AvgIpc) is 2.84. The van der Waals surface area contributed by atoms with E-state index in [1.54, 1.807) is 4.90 Å². The van der Waals surface area contributed by atoms with Gasteiger partial charge in [0, 0.05) is 32.4 Å². The van der Waals surface area contributed by atoms with E-state index in [4.69, 9.17) is 4.52 Å². The summed E-state index contributed by atoms with van der Waals surface area (Å²) in [6.45, 7) is 3.24. The fraction of sp³-hybridized carbons (Fsp3) is 0.769. The quantitative estimate of drug-likeness (QED) is 0.858. The van der Waals surface area contributed by atoms with E-state index in [2.05, 4.69) is 17.1 Å². The topological polar surface area (TPSA) is 79.5 Å². The van der Waals surface area contributed by atoms with Gasteiger partial charge in [0.25, 0.3) is 0 Å². The number of rotatable bonds is 5. The molecular weight excluding hydrogens is 246 g/mol. The van der Waals surface area contributed by atoms with Crippen LogP contribution in [0.2, 0.25) is 0 Å². The molecule has 1 fully saturated rings. The number of β-amino-alcohol motifs (C(OH)–C–C–N with tert-alkyl or cyclic N) is 1. The first kappa shape index (κ1) is 14.0. The largest absolute Gasteiger partial charge is 0.391 e. The first-order chi connectivity index (χ1) is 9.19. The molecule has 1 atom stereocenters. The van der Waals surface area contributed by atoms with Crippen LogP contribution in [0.4, 0.5) is 0 Å². The van der Waals surface area contributed by atoms with E-state index in [1.807, 2.05) is 0 Å². The summed E-state index contributed by atoms with van der Waals surface area (Å²) in [5.74, 6) is 1.28. The normalized spacial score (nSPS) is 19.7. The average molecular weight is 267 g/mol. The highest BCUT2D eigenvalue weighted by molar-refractivity contribution is 5.76. The number of carbonyl (C=O) groups is 1. The van der Waals surface area contributed by atoms with Gasteiger partial charge in [-0.15, -0.1) is 0 Å². The van der Waals surface area contributed by atoms with Crippen molar-refractivity contribution in [2.24, 2.45) is 0 Å². The van der Waals surface area contributed by atoms with Gasteiger partial charge in [0.15, 0.2) is 5.82 Å². The minimum absolute atomic E-state index is 0.0500. The van der Waals surface area contributed by atoms with E-state index in [0.717, 1.165) is 32.2 Å². The van der Waals surface area contributed by atoms with Gasteiger partial charge in [0.1, 0.15) is 0 Å². The number of aliphatic hydroxyl groups excluding tert-OH is 1. The van der Waals surface area contributed by atoms with Gasteiger partial charge in [-0.3, -0.25) is 4.79 Å². The summed E-state index contributed by atoms with van der Waals surface area (Å²) in [5, 5.41) is 13.4. The predicted molar refractivity (Wildman–Crippen MR) is 68.4 cm³/mol. The lowest BCUT2D eigenvalue weighted by molar-refractivity contribution is -0.134. The van der Waals surface area contributed by atoms with Crippen LogP contribution in [0.15, 0.2) is 4.52 Å². The van der Waals surface area contributed by atoms with Crippen LogP contribution in [0, 0.1) is 0 Å². The molecule has 6 nitrogen and oxygen atoms in total. The number of aryl methyl sites for hydroxylation is 2. The van der Waals surface area contributed by atoms with Crippen molar-refractivity contribution in [3.8, 4) is 0 Å². The van der Waals surface area contributed by atoms with Crippen molar-refractivity contribution in [3.05, 3.63) is 11.7 Å². The third-order valence-electron chi connectivity index (χ3n) is 3.29. The Bertz CT molecular complexity index is 419. The van der Waals surface area contributed by atoms with Crippen LogP contribution >= 0.6 is 0 Å². The molecule has 106 valence electrons. The number of hydrogen-bond acceptors (Lipinski definition) is 5. The van der Waals surface area contributed by atoms with Crippen LogP contribution in [0.3, 0.4) is 0 Å². The lowest BCUT2D eigenvalue weighted by Gasteiger charge is -2.30. The molecule has 1 aliphatic rings. The van der Waals surface area contributed by atoms with Crippen LogP contribution in [0.25, 0.3) is 0 Å². The molecule has 19 heavy (non-hydrogen) atoms. The third kappa shape index (κ3) is 4.02. The van der Waals surface area contributed by atoms with Gasteiger partial charge in [0.2, 0.25) is 11.8 Å². The molecule has 0 radical (unpaired) electrons. The number of aliphatic hydroxyl groups is 1. The minimum atomic E-state index is -0.378. The Hall–Kier alpha value is -1.43. The summed E-state index contributed by atoms with van der Waals surface area (Å²) in [6.07, 6.45) is 3.89. The van der Waals surface area contributed by atoms with Crippen molar-refractivity contribution in [1.29, 1.82) is 0 Å². The van der Waals surface area contributed by atoms with Crippen LogP contribution in [0.1, 0.15) is 44.3 Å². The molecule has 1 amide bonds. The molecule has 1 aromatic heterocycles. The summed E-state index contributed by atoms with van der Waals surface area (Å²) in [6, 6.07) is 0. The third-order valence-corrected chi connectivity index (χ3v) is 3.29. The van der Waals surface area contributed by atoms with Crippen LogP contribution in [0.5, 0.6) is 0 Å². The van der Waals surface area contributed by atoms with Gasteiger partial charge in [-0.2, -0.15) is 4.98 Å². The molecule has 1 unspecified atom stereocenters. The maximum Gasteiger partial charge on any atom is 0.227 e. The number of likely N-dealkylation sites (tertiary alicyclic amines) is 1. The van der Waals surface area contributed by atoms with Gasteiger partial charge >= 0.3 is 0 Å². The monoisotopic (exact) mass is 267 g/mol. The van der Waals surface area contributed by atoms with Crippen molar-refractivity contribution < 1.29 is 14.4 Å². The zero-order valence-electron chi connectivity index (χ0n) is 11.3. The number of amides is 1. The molecule has 1 aliphatic heterocycles. The summed E-state index contributed by atoms with van der Waals surface area (Å²) >= 11 is 0. The van der Waals surface area contributed by atoms with Crippen molar-refractivity contribution in [2.45, 2.75) is 51.6 Å². The van der Waals surface area contributed by atoms with Gasteiger partial charge < -0.3 is 14.5 Å². The zero-order valence-corrected chi connectivity index (χ0v) is 11.3. The second kappa shape index (κ2) is 6.65. The summed E-state index contributed by atoms with van der Waals surface area (Å²) < 4.78 is 5.09. The molecule has 6 heteroatoms. The molecule has 0 spiro atoms. The zero-order chi connectivity index (χ0) is 13.7. The molecule has 2 rings (SSSR count). The smallest absolute Gasteiger partial charge is 0.227 e. The number of piperidine rings is 1. The van der Waals surface area contributed by atoms with E-state index < -0.39 is 0 Å². The highest BCUT2D eigenvalue weighted by Gasteiger charge is 2.22. The van der Waals surface area contributed by atoms with Crippen molar-refractivity contribution in [2.75, 3.05) is 13.1 Å². The van der Waals surface area contributed by atoms with Gasteiger partial charge in [0.05, 0.1) is 6.10 Å². The highest BCUT2D eigenvalue weighted by Crippen LogP contribution is 2.12. The van der Waals surface area contributed by atoms with E-state index in [0.29, 0.717) is 31.1 Å². The SMILES string of the molecule is CCCc1noc(CCC(=O)N2CCCC(O)C2)n1. The first-order valence-corrected chi connectivity index (χ1v) is 6.96.